The standard InChI is InChI=1S/C14H26N4O/c1-11-16-17-13(19-11)10-18-7-5-12(6-8-18)9-15-14(2,3)4/h12,15H,5-10H2,1-4H3. The zero-order valence-electron chi connectivity index (χ0n) is 12.6. The Morgan fingerprint density at radius 3 is 2.47 bits per heavy atom. The molecule has 0 aromatic carbocycles. The van der Waals surface area contributed by atoms with Gasteiger partial charge in [-0.15, -0.1) is 10.2 Å². The van der Waals surface area contributed by atoms with Crippen LogP contribution in [0.25, 0.3) is 0 Å². The molecular formula is C14H26N4O. The van der Waals surface area contributed by atoms with Gasteiger partial charge in [0.05, 0.1) is 6.54 Å². The Labute approximate surface area is 115 Å². The van der Waals surface area contributed by atoms with Crippen LogP contribution in [0.1, 0.15) is 45.4 Å². The van der Waals surface area contributed by atoms with Crippen LogP contribution in [0.15, 0.2) is 4.42 Å². The summed E-state index contributed by atoms with van der Waals surface area (Å²) in [5.41, 5.74) is 0.221. The third kappa shape index (κ3) is 4.91. The number of nitrogens with zero attached hydrogens (tertiary/aromatic N) is 3. The average molecular weight is 266 g/mol. The van der Waals surface area contributed by atoms with Gasteiger partial charge < -0.3 is 9.73 Å². The van der Waals surface area contributed by atoms with Crippen molar-refractivity contribution < 1.29 is 4.42 Å². The highest BCUT2D eigenvalue weighted by Gasteiger charge is 2.21. The Morgan fingerprint density at radius 1 is 1.26 bits per heavy atom. The minimum absolute atomic E-state index is 0.221. The van der Waals surface area contributed by atoms with Crippen molar-refractivity contribution in [1.82, 2.24) is 20.4 Å². The lowest BCUT2D eigenvalue weighted by atomic mass is 9.95. The molecule has 108 valence electrons. The van der Waals surface area contributed by atoms with Gasteiger partial charge in [-0.05, 0) is 59.2 Å². The zero-order valence-corrected chi connectivity index (χ0v) is 12.6. The van der Waals surface area contributed by atoms with E-state index in [4.69, 9.17) is 4.42 Å². The van der Waals surface area contributed by atoms with Crippen molar-refractivity contribution in [3.63, 3.8) is 0 Å². The van der Waals surface area contributed by atoms with E-state index in [-0.39, 0.29) is 5.54 Å². The van der Waals surface area contributed by atoms with Gasteiger partial charge >= 0.3 is 0 Å². The molecular weight excluding hydrogens is 240 g/mol. The highest BCUT2D eigenvalue weighted by atomic mass is 16.4. The second kappa shape index (κ2) is 6.01. The van der Waals surface area contributed by atoms with Crippen molar-refractivity contribution in [3.8, 4) is 0 Å². The lowest BCUT2D eigenvalue weighted by Crippen LogP contribution is -2.42. The fourth-order valence-electron chi connectivity index (χ4n) is 2.39. The molecule has 1 fully saturated rings. The summed E-state index contributed by atoms with van der Waals surface area (Å²) in [6.45, 7) is 12.7. The predicted molar refractivity (Wildman–Crippen MR) is 74.8 cm³/mol. The minimum Gasteiger partial charge on any atom is -0.424 e. The normalized spacial score (nSPS) is 18.9. The number of aromatic nitrogens is 2. The van der Waals surface area contributed by atoms with Gasteiger partial charge in [-0.2, -0.15) is 0 Å². The fourth-order valence-corrected chi connectivity index (χ4v) is 2.39. The Balaban J connectivity index is 1.70. The average Bonchev–Trinajstić information content (AvgIpc) is 2.73. The topological polar surface area (TPSA) is 54.2 Å². The van der Waals surface area contributed by atoms with Crippen molar-refractivity contribution in [2.45, 2.75) is 52.6 Å². The van der Waals surface area contributed by atoms with Gasteiger partial charge in [0.25, 0.3) is 0 Å². The molecule has 0 bridgehead atoms. The first-order valence-corrected chi connectivity index (χ1v) is 7.19. The van der Waals surface area contributed by atoms with Crippen molar-refractivity contribution in [2.24, 2.45) is 5.92 Å². The second-order valence-electron chi connectivity index (χ2n) is 6.57. The van der Waals surface area contributed by atoms with Crippen molar-refractivity contribution in [3.05, 3.63) is 11.8 Å². The summed E-state index contributed by atoms with van der Waals surface area (Å²) in [5.74, 6) is 2.18. The number of hydrogen-bond donors (Lipinski definition) is 1. The number of likely N-dealkylation sites (tertiary alicyclic amines) is 1. The van der Waals surface area contributed by atoms with Crippen LogP contribution in [0.5, 0.6) is 0 Å². The largest absolute Gasteiger partial charge is 0.424 e. The smallest absolute Gasteiger partial charge is 0.230 e. The molecule has 0 amide bonds. The van der Waals surface area contributed by atoms with E-state index < -0.39 is 0 Å². The van der Waals surface area contributed by atoms with Crippen LogP contribution < -0.4 is 5.32 Å². The monoisotopic (exact) mass is 266 g/mol. The third-order valence-electron chi connectivity index (χ3n) is 3.55. The summed E-state index contributed by atoms with van der Waals surface area (Å²) in [6.07, 6.45) is 2.49. The number of piperidine rings is 1. The number of hydrogen-bond acceptors (Lipinski definition) is 5. The van der Waals surface area contributed by atoms with E-state index in [0.717, 1.165) is 38.0 Å². The van der Waals surface area contributed by atoms with Gasteiger partial charge in [0, 0.05) is 12.5 Å². The van der Waals surface area contributed by atoms with E-state index in [1.165, 1.54) is 12.8 Å². The highest BCUT2D eigenvalue weighted by Crippen LogP contribution is 2.18. The Hall–Kier alpha value is -0.940. The summed E-state index contributed by atoms with van der Waals surface area (Å²) >= 11 is 0. The van der Waals surface area contributed by atoms with Gasteiger partial charge in [0.15, 0.2) is 0 Å². The van der Waals surface area contributed by atoms with Crippen LogP contribution in [0.2, 0.25) is 0 Å². The van der Waals surface area contributed by atoms with Gasteiger partial charge in [-0.3, -0.25) is 4.90 Å². The predicted octanol–water partition coefficient (Wildman–Crippen LogP) is 1.98. The van der Waals surface area contributed by atoms with E-state index >= 15 is 0 Å². The molecule has 0 saturated carbocycles. The van der Waals surface area contributed by atoms with E-state index in [2.05, 4.69) is 41.2 Å². The molecule has 1 aromatic rings. The summed E-state index contributed by atoms with van der Waals surface area (Å²) in [7, 11) is 0. The highest BCUT2D eigenvalue weighted by molar-refractivity contribution is 4.82. The Morgan fingerprint density at radius 2 is 1.95 bits per heavy atom. The number of nitrogens with one attached hydrogen (secondary N) is 1. The molecule has 1 N–H and O–H groups in total. The molecule has 1 aliphatic heterocycles. The zero-order chi connectivity index (χ0) is 13.9. The molecule has 0 unspecified atom stereocenters. The number of aryl methyl sites for hydroxylation is 1. The molecule has 0 atom stereocenters. The number of rotatable bonds is 4. The maximum atomic E-state index is 5.43. The molecule has 0 aliphatic carbocycles. The van der Waals surface area contributed by atoms with Gasteiger partial charge in [-0.25, -0.2) is 0 Å². The second-order valence-corrected chi connectivity index (χ2v) is 6.57. The van der Waals surface area contributed by atoms with Crippen LogP contribution in [0.3, 0.4) is 0 Å². The van der Waals surface area contributed by atoms with E-state index in [1.807, 2.05) is 6.92 Å². The Bertz CT molecular complexity index is 388. The van der Waals surface area contributed by atoms with E-state index in [0.29, 0.717) is 5.89 Å². The molecule has 5 nitrogen and oxygen atoms in total. The first kappa shape index (κ1) is 14.5. The van der Waals surface area contributed by atoms with Crippen molar-refractivity contribution in [1.29, 1.82) is 0 Å². The molecule has 2 heterocycles. The fraction of sp³-hybridized carbons (Fsp3) is 0.857. The van der Waals surface area contributed by atoms with Crippen molar-refractivity contribution >= 4 is 0 Å². The first-order valence-electron chi connectivity index (χ1n) is 7.19. The van der Waals surface area contributed by atoms with Crippen molar-refractivity contribution in [2.75, 3.05) is 19.6 Å². The van der Waals surface area contributed by atoms with Gasteiger partial charge in [0.1, 0.15) is 0 Å². The van der Waals surface area contributed by atoms with Crippen LogP contribution >= 0.6 is 0 Å². The quantitative estimate of drug-likeness (QED) is 0.903. The summed E-state index contributed by atoms with van der Waals surface area (Å²) < 4.78 is 5.43. The molecule has 5 heteroatoms. The molecule has 1 aromatic heterocycles. The van der Waals surface area contributed by atoms with Crippen LogP contribution in [-0.4, -0.2) is 40.3 Å². The SMILES string of the molecule is Cc1nnc(CN2CCC(CNC(C)(C)C)CC2)o1. The van der Waals surface area contributed by atoms with Gasteiger partial charge in [-0.1, -0.05) is 0 Å². The molecule has 0 spiro atoms. The maximum absolute atomic E-state index is 5.43. The first-order chi connectivity index (χ1) is 8.92. The molecule has 1 aliphatic rings. The van der Waals surface area contributed by atoms with E-state index in [1.54, 1.807) is 0 Å². The van der Waals surface area contributed by atoms with Crippen LogP contribution in [-0.2, 0) is 6.54 Å². The third-order valence-corrected chi connectivity index (χ3v) is 3.55. The van der Waals surface area contributed by atoms with Crippen LogP contribution in [0, 0.1) is 12.8 Å². The lowest BCUT2D eigenvalue weighted by molar-refractivity contribution is 0.157. The Kier molecular flexibility index (Phi) is 4.58. The summed E-state index contributed by atoms with van der Waals surface area (Å²) in [6, 6.07) is 0. The molecule has 2 rings (SSSR count). The summed E-state index contributed by atoms with van der Waals surface area (Å²) in [4.78, 5) is 2.40. The summed E-state index contributed by atoms with van der Waals surface area (Å²) in [5, 5.41) is 11.5. The lowest BCUT2D eigenvalue weighted by Gasteiger charge is -2.33. The molecule has 19 heavy (non-hydrogen) atoms. The van der Waals surface area contributed by atoms with Crippen LogP contribution in [0.4, 0.5) is 0 Å². The maximum Gasteiger partial charge on any atom is 0.230 e. The minimum atomic E-state index is 0.221. The van der Waals surface area contributed by atoms with Gasteiger partial charge in [0.2, 0.25) is 11.8 Å². The molecule has 1 saturated heterocycles. The van der Waals surface area contributed by atoms with E-state index in [9.17, 15) is 0 Å². The molecule has 0 radical (unpaired) electrons.